The molecule has 0 atom stereocenters. The quantitative estimate of drug-likeness (QED) is 0.648. The van der Waals surface area contributed by atoms with Crippen LogP contribution < -0.4 is 4.90 Å². The van der Waals surface area contributed by atoms with Crippen molar-refractivity contribution in [3.63, 3.8) is 0 Å². The highest BCUT2D eigenvalue weighted by molar-refractivity contribution is 5.73. The number of hydrogen-bond donors (Lipinski definition) is 1. The Balaban J connectivity index is 2.52. The van der Waals surface area contributed by atoms with Gasteiger partial charge in [0.15, 0.2) is 5.69 Å². The van der Waals surface area contributed by atoms with Crippen molar-refractivity contribution in [2.75, 3.05) is 18.5 Å². The lowest BCUT2D eigenvalue weighted by Gasteiger charge is -2.17. The Labute approximate surface area is 138 Å². The molecule has 1 aromatic heterocycles. The van der Waals surface area contributed by atoms with E-state index in [1.807, 2.05) is 0 Å². The molecule has 0 spiro atoms. The minimum atomic E-state index is -4.77. The Bertz CT molecular complexity index is 809. The third-order valence-electron chi connectivity index (χ3n) is 3.09. The van der Waals surface area contributed by atoms with Crippen molar-refractivity contribution in [2.45, 2.75) is 6.18 Å². The van der Waals surface area contributed by atoms with Gasteiger partial charge < -0.3 is 10.0 Å². The monoisotopic (exact) mass is 356 g/mol. The van der Waals surface area contributed by atoms with E-state index in [1.54, 1.807) is 0 Å². The zero-order chi connectivity index (χ0) is 18.8. The molecule has 2 rings (SSSR count). The Morgan fingerprint density at radius 3 is 2.36 bits per heavy atom. The third kappa shape index (κ3) is 4.40. The van der Waals surface area contributed by atoms with E-state index in [1.165, 1.54) is 19.2 Å². The number of benzene rings is 1. The lowest BCUT2D eigenvalue weighted by atomic mass is 10.1. The molecule has 0 saturated heterocycles. The van der Waals surface area contributed by atoms with E-state index in [0.717, 1.165) is 17.0 Å². The molecular formula is C14H11F3N4O4. The molecule has 1 heterocycles. The lowest BCUT2D eigenvalue weighted by molar-refractivity contribution is -0.384. The van der Waals surface area contributed by atoms with Gasteiger partial charge in [-0.25, -0.2) is 9.97 Å². The predicted molar refractivity (Wildman–Crippen MR) is 80.0 cm³/mol. The topological polar surface area (TPSA) is 109 Å². The molecular weight excluding hydrogens is 345 g/mol. The van der Waals surface area contributed by atoms with Gasteiger partial charge in [0.05, 0.1) is 10.6 Å². The molecule has 1 N–H and O–H groups in total. The number of nitro benzene ring substituents is 1. The minimum Gasteiger partial charge on any atom is -0.480 e. The van der Waals surface area contributed by atoms with Gasteiger partial charge in [0.25, 0.3) is 5.69 Å². The predicted octanol–water partition coefficient (Wildman–Crippen LogP) is 2.59. The summed E-state index contributed by atoms with van der Waals surface area (Å²) in [6.45, 7) is -0.596. The van der Waals surface area contributed by atoms with Crippen LogP contribution in [-0.4, -0.2) is 39.6 Å². The van der Waals surface area contributed by atoms with Gasteiger partial charge in [-0.15, -0.1) is 0 Å². The van der Waals surface area contributed by atoms with Gasteiger partial charge in [0.1, 0.15) is 6.54 Å². The Morgan fingerprint density at radius 2 is 1.88 bits per heavy atom. The normalized spacial score (nSPS) is 11.2. The third-order valence-corrected chi connectivity index (χ3v) is 3.09. The van der Waals surface area contributed by atoms with Crippen LogP contribution in [0.25, 0.3) is 11.3 Å². The Hall–Kier alpha value is -3.24. The van der Waals surface area contributed by atoms with Crippen molar-refractivity contribution < 1.29 is 28.0 Å². The van der Waals surface area contributed by atoms with Crippen molar-refractivity contribution >= 4 is 17.6 Å². The van der Waals surface area contributed by atoms with E-state index < -0.39 is 35.3 Å². The first kappa shape index (κ1) is 18.1. The number of anilines is 1. The van der Waals surface area contributed by atoms with Gasteiger partial charge in [-0.05, 0) is 18.2 Å². The van der Waals surface area contributed by atoms with Gasteiger partial charge >= 0.3 is 12.1 Å². The van der Waals surface area contributed by atoms with Gasteiger partial charge in [-0.3, -0.25) is 14.9 Å². The lowest BCUT2D eigenvalue weighted by Crippen LogP contribution is -2.28. The second-order valence-electron chi connectivity index (χ2n) is 4.99. The molecule has 0 aliphatic rings. The number of carboxylic acid groups (broad SMARTS) is 1. The summed E-state index contributed by atoms with van der Waals surface area (Å²) in [7, 11) is 1.24. The molecule has 0 radical (unpaired) electrons. The van der Waals surface area contributed by atoms with Crippen LogP contribution in [0.3, 0.4) is 0 Å². The summed E-state index contributed by atoms with van der Waals surface area (Å²) in [6, 6.07) is 5.46. The minimum absolute atomic E-state index is 0.135. The molecule has 11 heteroatoms. The average Bonchev–Trinajstić information content (AvgIpc) is 2.53. The molecule has 25 heavy (non-hydrogen) atoms. The summed E-state index contributed by atoms with van der Waals surface area (Å²) >= 11 is 0. The van der Waals surface area contributed by atoms with E-state index in [0.29, 0.717) is 6.07 Å². The number of aliphatic carboxylic acids is 1. The SMILES string of the molecule is CN(CC(=O)O)c1nc(-c2ccc([N+](=O)[O-])cc2)cc(C(F)(F)F)n1. The van der Waals surface area contributed by atoms with Crippen molar-refractivity contribution in [2.24, 2.45) is 0 Å². The van der Waals surface area contributed by atoms with E-state index >= 15 is 0 Å². The van der Waals surface area contributed by atoms with Crippen LogP contribution in [0.2, 0.25) is 0 Å². The number of carbonyl (C=O) groups is 1. The second kappa shape index (κ2) is 6.71. The molecule has 0 amide bonds. The van der Waals surface area contributed by atoms with Gasteiger partial charge in [0, 0.05) is 24.7 Å². The van der Waals surface area contributed by atoms with Crippen molar-refractivity contribution in [3.05, 3.63) is 46.1 Å². The molecule has 8 nitrogen and oxygen atoms in total. The van der Waals surface area contributed by atoms with Crippen molar-refractivity contribution in [1.82, 2.24) is 9.97 Å². The van der Waals surface area contributed by atoms with Crippen LogP contribution in [0.15, 0.2) is 30.3 Å². The van der Waals surface area contributed by atoms with Crippen LogP contribution in [0.1, 0.15) is 5.69 Å². The number of nitro groups is 1. The molecule has 132 valence electrons. The fraction of sp³-hybridized carbons (Fsp3) is 0.214. The van der Waals surface area contributed by atoms with Crippen molar-refractivity contribution in [3.8, 4) is 11.3 Å². The number of nitrogens with zero attached hydrogens (tertiary/aromatic N) is 4. The zero-order valence-corrected chi connectivity index (χ0v) is 12.7. The van der Waals surface area contributed by atoms with Crippen molar-refractivity contribution in [1.29, 1.82) is 0 Å². The van der Waals surface area contributed by atoms with E-state index in [4.69, 9.17) is 5.11 Å². The van der Waals surface area contributed by atoms with E-state index in [-0.39, 0.29) is 16.9 Å². The first-order valence-electron chi connectivity index (χ1n) is 6.72. The highest BCUT2D eigenvalue weighted by Crippen LogP contribution is 2.32. The number of likely N-dealkylation sites (N-methyl/N-ethyl adjacent to an activating group) is 1. The van der Waals surface area contributed by atoms with Crippen LogP contribution in [0.5, 0.6) is 0 Å². The second-order valence-corrected chi connectivity index (χ2v) is 4.99. The molecule has 0 aliphatic carbocycles. The Morgan fingerprint density at radius 1 is 1.28 bits per heavy atom. The maximum Gasteiger partial charge on any atom is 0.433 e. The maximum atomic E-state index is 13.0. The average molecular weight is 356 g/mol. The highest BCUT2D eigenvalue weighted by Gasteiger charge is 2.34. The number of aromatic nitrogens is 2. The summed E-state index contributed by atoms with van der Waals surface area (Å²) < 4.78 is 39.1. The fourth-order valence-electron chi connectivity index (χ4n) is 1.93. The number of hydrogen-bond acceptors (Lipinski definition) is 6. The number of alkyl halides is 3. The van der Waals surface area contributed by atoms with Crippen LogP contribution in [0.4, 0.5) is 24.8 Å². The van der Waals surface area contributed by atoms with E-state index in [2.05, 4.69) is 9.97 Å². The largest absolute Gasteiger partial charge is 0.480 e. The molecule has 0 fully saturated rings. The summed E-state index contributed by atoms with van der Waals surface area (Å²) in [4.78, 5) is 29.0. The first-order valence-corrected chi connectivity index (χ1v) is 6.72. The summed E-state index contributed by atoms with van der Waals surface area (Å²) in [5.74, 6) is -1.69. The smallest absolute Gasteiger partial charge is 0.433 e. The molecule has 0 unspecified atom stereocenters. The summed E-state index contributed by atoms with van der Waals surface area (Å²) in [5.41, 5.74) is -1.41. The van der Waals surface area contributed by atoms with Gasteiger partial charge in [-0.2, -0.15) is 13.2 Å². The van der Waals surface area contributed by atoms with Crippen LogP contribution >= 0.6 is 0 Å². The molecule has 0 aliphatic heterocycles. The number of halogens is 3. The summed E-state index contributed by atoms with van der Waals surface area (Å²) in [6.07, 6.45) is -4.77. The molecule has 0 saturated carbocycles. The fourth-order valence-corrected chi connectivity index (χ4v) is 1.93. The van der Waals surface area contributed by atoms with Crippen LogP contribution in [-0.2, 0) is 11.0 Å². The van der Waals surface area contributed by atoms with Gasteiger partial charge in [-0.1, -0.05) is 0 Å². The number of non-ortho nitro benzene ring substituents is 1. The highest BCUT2D eigenvalue weighted by atomic mass is 19.4. The number of rotatable bonds is 5. The standard InChI is InChI=1S/C14H11F3N4O4/c1-20(7-12(22)23)13-18-10(6-11(19-13)14(15,16)17)8-2-4-9(5-3-8)21(24)25/h2-6H,7H2,1H3,(H,22,23). The van der Waals surface area contributed by atoms with Crippen LogP contribution in [0, 0.1) is 10.1 Å². The number of carboxylic acids is 1. The summed E-state index contributed by atoms with van der Waals surface area (Å²) in [5, 5.41) is 19.4. The molecule has 0 bridgehead atoms. The van der Waals surface area contributed by atoms with E-state index in [9.17, 15) is 28.1 Å². The molecule has 2 aromatic rings. The first-order chi connectivity index (χ1) is 11.6. The van der Waals surface area contributed by atoms with Gasteiger partial charge in [0.2, 0.25) is 5.95 Å². The Kier molecular flexibility index (Phi) is 4.86. The maximum absolute atomic E-state index is 13.0. The molecule has 1 aromatic carbocycles. The zero-order valence-electron chi connectivity index (χ0n) is 12.7.